The van der Waals surface area contributed by atoms with Crippen molar-refractivity contribution in [3.8, 4) is 0 Å². The molecular formula is C22H26F3N5O. The predicted molar refractivity (Wildman–Crippen MR) is 111 cm³/mol. The highest BCUT2D eigenvalue weighted by atomic mass is 19.4. The van der Waals surface area contributed by atoms with Crippen LogP contribution in [0.1, 0.15) is 34.3 Å². The number of likely N-dealkylation sites (tertiary alicyclic amines) is 2. The molecule has 31 heavy (non-hydrogen) atoms. The number of nitrogens with zero attached hydrogens (tertiary/aromatic N) is 5. The van der Waals surface area contributed by atoms with Gasteiger partial charge in [0.1, 0.15) is 0 Å². The quantitative estimate of drug-likeness (QED) is 0.741. The second-order valence-corrected chi connectivity index (χ2v) is 8.51. The van der Waals surface area contributed by atoms with Gasteiger partial charge in [0.05, 0.1) is 5.56 Å². The molecule has 1 aromatic carbocycles. The largest absolute Gasteiger partial charge is 0.416 e. The number of anilines is 1. The van der Waals surface area contributed by atoms with Gasteiger partial charge in [-0.05, 0) is 43.5 Å². The predicted octanol–water partition coefficient (Wildman–Crippen LogP) is 3.30. The van der Waals surface area contributed by atoms with Gasteiger partial charge in [-0.25, -0.2) is 9.97 Å². The van der Waals surface area contributed by atoms with Crippen molar-refractivity contribution >= 4 is 11.9 Å². The molecule has 0 aliphatic carbocycles. The van der Waals surface area contributed by atoms with Gasteiger partial charge in [-0.1, -0.05) is 6.07 Å². The summed E-state index contributed by atoms with van der Waals surface area (Å²) in [4.78, 5) is 27.6. The van der Waals surface area contributed by atoms with Gasteiger partial charge in [0.2, 0.25) is 5.95 Å². The summed E-state index contributed by atoms with van der Waals surface area (Å²) in [5.74, 6) is 0.642. The van der Waals surface area contributed by atoms with E-state index in [0.29, 0.717) is 31.5 Å². The maximum Gasteiger partial charge on any atom is 0.416 e. The van der Waals surface area contributed by atoms with E-state index in [0.717, 1.165) is 37.1 Å². The van der Waals surface area contributed by atoms with E-state index in [-0.39, 0.29) is 17.5 Å². The average molecular weight is 433 g/mol. The summed E-state index contributed by atoms with van der Waals surface area (Å²) >= 11 is 0. The number of amides is 1. The lowest BCUT2D eigenvalue weighted by Crippen LogP contribution is -2.44. The number of fused-ring (bicyclic) bond motifs is 1. The van der Waals surface area contributed by atoms with E-state index in [2.05, 4.69) is 14.9 Å². The Kier molecular flexibility index (Phi) is 5.88. The minimum absolute atomic E-state index is 0.0905. The van der Waals surface area contributed by atoms with Crippen molar-refractivity contribution in [2.45, 2.75) is 31.6 Å². The number of alkyl halides is 3. The average Bonchev–Trinajstić information content (AvgIpc) is 3.18. The number of aromatic nitrogens is 2. The Labute approximate surface area is 179 Å². The molecule has 1 amide bonds. The first-order valence-electron chi connectivity index (χ1n) is 10.4. The van der Waals surface area contributed by atoms with Gasteiger partial charge in [-0.15, -0.1) is 0 Å². The SMILES string of the molecule is CN(C)c1ncc(CN2CCC[C@@H]3CN(C(=O)c4cccc(C(F)(F)F)c4)C[C@@H]32)cn1. The van der Waals surface area contributed by atoms with Crippen molar-refractivity contribution in [3.05, 3.63) is 53.3 Å². The fourth-order valence-electron chi connectivity index (χ4n) is 4.54. The molecule has 0 unspecified atom stereocenters. The maximum atomic E-state index is 13.0. The molecule has 166 valence electrons. The molecule has 0 bridgehead atoms. The molecule has 0 saturated carbocycles. The monoisotopic (exact) mass is 433 g/mol. The van der Waals surface area contributed by atoms with E-state index in [1.54, 1.807) is 4.90 Å². The van der Waals surface area contributed by atoms with E-state index < -0.39 is 11.7 Å². The Morgan fingerprint density at radius 1 is 1.19 bits per heavy atom. The minimum atomic E-state index is -4.46. The topological polar surface area (TPSA) is 52.6 Å². The van der Waals surface area contributed by atoms with Crippen molar-refractivity contribution < 1.29 is 18.0 Å². The van der Waals surface area contributed by atoms with Crippen molar-refractivity contribution in [3.63, 3.8) is 0 Å². The first kappa shape index (κ1) is 21.5. The zero-order valence-corrected chi connectivity index (χ0v) is 17.6. The molecule has 2 atom stereocenters. The van der Waals surface area contributed by atoms with E-state index in [1.165, 1.54) is 12.1 Å². The summed E-state index contributed by atoms with van der Waals surface area (Å²) in [5.41, 5.74) is 0.305. The number of hydrogen-bond acceptors (Lipinski definition) is 5. The molecule has 2 aliphatic heterocycles. The molecule has 0 N–H and O–H groups in total. The highest BCUT2D eigenvalue weighted by Crippen LogP contribution is 2.33. The van der Waals surface area contributed by atoms with Crippen LogP contribution >= 0.6 is 0 Å². The van der Waals surface area contributed by atoms with Crippen LogP contribution in [0.15, 0.2) is 36.7 Å². The van der Waals surface area contributed by atoms with Crippen molar-refractivity contribution in [1.82, 2.24) is 19.8 Å². The third kappa shape index (κ3) is 4.66. The molecule has 6 nitrogen and oxygen atoms in total. The van der Waals surface area contributed by atoms with Gasteiger partial charge in [-0.3, -0.25) is 9.69 Å². The van der Waals surface area contributed by atoms with Gasteiger partial charge in [0, 0.05) is 63.3 Å². The number of halogens is 3. The van der Waals surface area contributed by atoms with Crippen LogP contribution in [0.3, 0.4) is 0 Å². The van der Waals surface area contributed by atoms with Crippen LogP contribution in [0.25, 0.3) is 0 Å². The second kappa shape index (κ2) is 8.45. The van der Waals surface area contributed by atoms with Gasteiger partial charge >= 0.3 is 6.18 Å². The standard InChI is InChI=1S/C22H26F3N5O/c1-28(2)21-26-10-15(11-27-21)12-29-8-4-6-17-13-30(14-19(17)29)20(31)16-5-3-7-18(9-16)22(23,24)25/h3,5,7,9-11,17,19H,4,6,8,12-14H2,1-2H3/t17-,19+/m1/s1. The summed E-state index contributed by atoms with van der Waals surface area (Å²) in [5, 5.41) is 0. The summed E-state index contributed by atoms with van der Waals surface area (Å²) in [6.07, 6.45) is 1.24. The first-order valence-corrected chi connectivity index (χ1v) is 10.4. The Bertz CT molecular complexity index is 931. The lowest BCUT2D eigenvalue weighted by Gasteiger charge is -2.36. The van der Waals surface area contributed by atoms with Gasteiger partial charge in [0.15, 0.2) is 0 Å². The molecule has 2 saturated heterocycles. The molecule has 3 heterocycles. The molecule has 1 aromatic heterocycles. The number of benzene rings is 1. The number of carbonyl (C=O) groups excluding carboxylic acids is 1. The van der Waals surface area contributed by atoms with Crippen LogP contribution in [-0.2, 0) is 12.7 Å². The van der Waals surface area contributed by atoms with Crippen LogP contribution in [-0.4, -0.2) is 65.4 Å². The Morgan fingerprint density at radius 3 is 2.61 bits per heavy atom. The van der Waals surface area contributed by atoms with E-state index in [9.17, 15) is 18.0 Å². The number of piperidine rings is 1. The molecule has 0 spiro atoms. The highest BCUT2D eigenvalue weighted by Gasteiger charge is 2.41. The highest BCUT2D eigenvalue weighted by molar-refractivity contribution is 5.94. The fourth-order valence-corrected chi connectivity index (χ4v) is 4.54. The van der Waals surface area contributed by atoms with Crippen LogP contribution in [0.2, 0.25) is 0 Å². The number of carbonyl (C=O) groups is 1. The summed E-state index contributed by atoms with van der Waals surface area (Å²) < 4.78 is 39.1. The third-order valence-electron chi connectivity index (χ3n) is 6.10. The normalized spacial score (nSPS) is 21.8. The third-order valence-corrected chi connectivity index (χ3v) is 6.10. The molecule has 9 heteroatoms. The van der Waals surface area contributed by atoms with E-state index in [1.807, 2.05) is 31.4 Å². The molecule has 4 rings (SSSR count). The summed E-state index contributed by atoms with van der Waals surface area (Å²) in [6, 6.07) is 4.89. The minimum Gasteiger partial charge on any atom is -0.347 e. The van der Waals surface area contributed by atoms with Crippen molar-refractivity contribution in [2.24, 2.45) is 5.92 Å². The molecule has 2 aliphatic rings. The molecular weight excluding hydrogens is 407 g/mol. The maximum absolute atomic E-state index is 13.0. The van der Waals surface area contributed by atoms with Gasteiger partial charge in [0.25, 0.3) is 5.91 Å². The lowest BCUT2D eigenvalue weighted by atomic mass is 9.92. The number of hydrogen-bond donors (Lipinski definition) is 0. The lowest BCUT2D eigenvalue weighted by molar-refractivity contribution is -0.137. The van der Waals surface area contributed by atoms with Gasteiger partial charge < -0.3 is 9.80 Å². The summed E-state index contributed by atoms with van der Waals surface area (Å²) in [7, 11) is 3.78. The number of rotatable bonds is 4. The summed E-state index contributed by atoms with van der Waals surface area (Å²) in [6.45, 7) is 2.71. The van der Waals surface area contributed by atoms with Crippen LogP contribution in [0, 0.1) is 5.92 Å². The smallest absolute Gasteiger partial charge is 0.347 e. The second-order valence-electron chi connectivity index (χ2n) is 8.51. The molecule has 0 radical (unpaired) electrons. The van der Waals surface area contributed by atoms with Crippen LogP contribution < -0.4 is 4.90 Å². The van der Waals surface area contributed by atoms with E-state index in [4.69, 9.17) is 0 Å². The van der Waals surface area contributed by atoms with Crippen molar-refractivity contribution in [1.29, 1.82) is 0 Å². The Hall–Kier alpha value is -2.68. The molecule has 2 aromatic rings. The Balaban J connectivity index is 1.46. The molecule has 2 fully saturated rings. The Morgan fingerprint density at radius 2 is 1.94 bits per heavy atom. The fraction of sp³-hybridized carbons (Fsp3) is 0.500. The van der Waals surface area contributed by atoms with Gasteiger partial charge in [-0.2, -0.15) is 13.2 Å². The van der Waals surface area contributed by atoms with Crippen LogP contribution in [0.5, 0.6) is 0 Å². The first-order chi connectivity index (χ1) is 14.7. The van der Waals surface area contributed by atoms with Crippen molar-refractivity contribution in [2.75, 3.05) is 38.6 Å². The zero-order chi connectivity index (χ0) is 22.2. The van der Waals surface area contributed by atoms with E-state index >= 15 is 0 Å². The van der Waals surface area contributed by atoms with Crippen LogP contribution in [0.4, 0.5) is 19.1 Å². The zero-order valence-electron chi connectivity index (χ0n) is 17.6.